The van der Waals surface area contributed by atoms with Gasteiger partial charge in [-0.25, -0.2) is 10.3 Å². The first-order chi connectivity index (χ1) is 11.7. The van der Waals surface area contributed by atoms with Gasteiger partial charge in [-0.15, -0.1) is 11.3 Å². The van der Waals surface area contributed by atoms with Crippen molar-refractivity contribution in [3.8, 4) is 5.75 Å². The van der Waals surface area contributed by atoms with Crippen LogP contribution in [0.2, 0.25) is 4.34 Å². The molecule has 140 valence electrons. The highest BCUT2D eigenvalue weighted by Gasteiger charge is 2.32. The first kappa shape index (κ1) is 19.8. The summed E-state index contributed by atoms with van der Waals surface area (Å²) in [6.07, 6.45) is 1.39. The fourth-order valence-electron chi connectivity index (χ4n) is 2.46. The summed E-state index contributed by atoms with van der Waals surface area (Å²) in [7, 11) is 1.36. The lowest BCUT2D eigenvalue weighted by molar-refractivity contribution is 0.0187. The van der Waals surface area contributed by atoms with Gasteiger partial charge in [0.2, 0.25) is 0 Å². The quantitative estimate of drug-likeness (QED) is 0.779. The number of amides is 2. The molecule has 2 amide bonds. The molecule has 0 saturated carbocycles. The predicted octanol–water partition coefficient (Wildman–Crippen LogP) is 3.47. The van der Waals surface area contributed by atoms with Gasteiger partial charge in [-0.3, -0.25) is 9.63 Å². The average Bonchev–Trinajstić information content (AvgIpc) is 3.10. The van der Waals surface area contributed by atoms with E-state index in [9.17, 15) is 9.59 Å². The summed E-state index contributed by atoms with van der Waals surface area (Å²) in [6, 6.07) is 1.48. The van der Waals surface area contributed by atoms with Gasteiger partial charge in [0.1, 0.15) is 22.3 Å². The van der Waals surface area contributed by atoms with Crippen molar-refractivity contribution < 1.29 is 23.9 Å². The molecule has 1 aliphatic rings. The maximum absolute atomic E-state index is 12.3. The molecule has 1 fully saturated rings. The molecule has 1 unspecified atom stereocenters. The minimum atomic E-state index is -0.536. The van der Waals surface area contributed by atoms with Crippen molar-refractivity contribution in [3.63, 3.8) is 0 Å². The normalized spacial score (nSPS) is 17.5. The Morgan fingerprint density at radius 2 is 2.16 bits per heavy atom. The second-order valence-corrected chi connectivity index (χ2v) is 8.32. The largest absolute Gasteiger partial charge is 0.489 e. The van der Waals surface area contributed by atoms with E-state index in [0.29, 0.717) is 28.1 Å². The van der Waals surface area contributed by atoms with Gasteiger partial charge in [-0.2, -0.15) is 0 Å². The number of nitrogens with zero attached hydrogens (tertiary/aromatic N) is 1. The summed E-state index contributed by atoms with van der Waals surface area (Å²) in [4.78, 5) is 30.7. The van der Waals surface area contributed by atoms with Crippen LogP contribution >= 0.6 is 22.9 Å². The van der Waals surface area contributed by atoms with E-state index in [1.165, 1.54) is 7.11 Å². The molecule has 0 spiro atoms. The van der Waals surface area contributed by atoms with Crippen molar-refractivity contribution in [2.24, 2.45) is 0 Å². The number of hydrogen-bond donors (Lipinski definition) is 1. The number of ether oxygens (including phenoxy) is 2. The van der Waals surface area contributed by atoms with Crippen molar-refractivity contribution in [1.29, 1.82) is 0 Å². The Labute approximate surface area is 156 Å². The Morgan fingerprint density at radius 3 is 2.80 bits per heavy atom. The Kier molecular flexibility index (Phi) is 6.53. The second kappa shape index (κ2) is 8.25. The third-order valence-corrected chi connectivity index (χ3v) is 4.83. The molecular weight excluding hydrogens is 368 g/mol. The lowest BCUT2D eigenvalue weighted by Gasteiger charge is -2.28. The molecule has 9 heteroatoms. The zero-order valence-electron chi connectivity index (χ0n) is 14.8. The van der Waals surface area contributed by atoms with Crippen molar-refractivity contribution in [1.82, 2.24) is 10.4 Å². The smallest absolute Gasteiger partial charge is 0.410 e. The maximum Gasteiger partial charge on any atom is 0.410 e. The molecule has 0 radical (unpaired) electrons. The van der Waals surface area contributed by atoms with Gasteiger partial charge >= 0.3 is 6.09 Å². The van der Waals surface area contributed by atoms with Crippen LogP contribution in [0.5, 0.6) is 5.75 Å². The van der Waals surface area contributed by atoms with E-state index in [0.717, 1.165) is 24.2 Å². The number of hydrogen-bond acceptors (Lipinski definition) is 6. The molecule has 0 bridgehead atoms. The highest BCUT2D eigenvalue weighted by atomic mass is 35.5. The van der Waals surface area contributed by atoms with Crippen LogP contribution < -0.4 is 10.2 Å². The van der Waals surface area contributed by atoms with Crippen LogP contribution in [-0.2, 0) is 9.57 Å². The van der Waals surface area contributed by atoms with Crippen LogP contribution in [0.3, 0.4) is 0 Å². The number of nitrogens with one attached hydrogen (secondary N) is 1. The molecule has 1 aliphatic heterocycles. The standard InChI is InChI=1S/C16H23ClN2O5S/c1-16(2,3)24-15(21)19-7-5-6-10(19)9-23-11-8-12(25-13(11)17)14(20)18-22-4/h8,10H,5-7,9H2,1-4H3,(H,18,20). The summed E-state index contributed by atoms with van der Waals surface area (Å²) in [6.45, 7) is 6.45. The number of thiophene rings is 1. The van der Waals surface area contributed by atoms with Crippen LogP contribution in [0.4, 0.5) is 4.79 Å². The lowest BCUT2D eigenvalue weighted by Crippen LogP contribution is -2.42. The van der Waals surface area contributed by atoms with E-state index in [4.69, 9.17) is 21.1 Å². The number of likely N-dealkylation sites (tertiary alicyclic amines) is 1. The van der Waals surface area contributed by atoms with Gasteiger partial charge in [0, 0.05) is 12.6 Å². The fraction of sp³-hybridized carbons (Fsp3) is 0.625. The molecule has 0 aliphatic carbocycles. The Hall–Kier alpha value is -1.51. The number of halogens is 1. The molecule has 7 nitrogen and oxygen atoms in total. The zero-order valence-corrected chi connectivity index (χ0v) is 16.3. The molecule has 0 aromatic carbocycles. The van der Waals surface area contributed by atoms with E-state index in [2.05, 4.69) is 10.3 Å². The summed E-state index contributed by atoms with van der Waals surface area (Å²) < 4.78 is 11.6. The second-order valence-electron chi connectivity index (χ2n) is 6.66. The minimum absolute atomic E-state index is 0.0814. The van der Waals surface area contributed by atoms with Crippen LogP contribution in [0, 0.1) is 0 Å². The van der Waals surface area contributed by atoms with E-state index < -0.39 is 5.60 Å². The first-order valence-corrected chi connectivity index (χ1v) is 9.16. The highest BCUT2D eigenvalue weighted by molar-refractivity contribution is 7.18. The molecule has 1 saturated heterocycles. The van der Waals surface area contributed by atoms with E-state index in [1.54, 1.807) is 11.0 Å². The summed E-state index contributed by atoms with van der Waals surface area (Å²) in [5.41, 5.74) is 1.69. The van der Waals surface area contributed by atoms with Gasteiger partial charge in [-0.05, 0) is 33.6 Å². The number of carbonyl (C=O) groups is 2. The zero-order chi connectivity index (χ0) is 18.6. The Morgan fingerprint density at radius 1 is 1.44 bits per heavy atom. The summed E-state index contributed by atoms with van der Waals surface area (Å²) >= 11 is 7.23. The van der Waals surface area contributed by atoms with Gasteiger partial charge in [0.25, 0.3) is 5.91 Å². The Balaban J connectivity index is 1.96. The van der Waals surface area contributed by atoms with Crippen molar-refractivity contribution in [2.45, 2.75) is 45.3 Å². The molecule has 2 rings (SSSR count). The van der Waals surface area contributed by atoms with Crippen LogP contribution in [-0.4, -0.2) is 48.8 Å². The first-order valence-electron chi connectivity index (χ1n) is 7.96. The lowest BCUT2D eigenvalue weighted by atomic mass is 10.2. The van der Waals surface area contributed by atoms with Gasteiger partial charge < -0.3 is 14.4 Å². The average molecular weight is 391 g/mol. The minimum Gasteiger partial charge on any atom is -0.489 e. The predicted molar refractivity (Wildman–Crippen MR) is 95.3 cm³/mol. The summed E-state index contributed by atoms with van der Waals surface area (Å²) in [5.74, 6) is 0.0319. The topological polar surface area (TPSA) is 77.1 Å². The van der Waals surface area contributed by atoms with Gasteiger partial charge in [-0.1, -0.05) is 11.6 Å². The number of carbonyl (C=O) groups excluding carboxylic acids is 2. The van der Waals surface area contributed by atoms with Crippen LogP contribution in [0.15, 0.2) is 6.07 Å². The monoisotopic (exact) mass is 390 g/mol. The molecule has 25 heavy (non-hydrogen) atoms. The molecule has 1 aromatic heterocycles. The summed E-state index contributed by atoms with van der Waals surface area (Å²) in [5, 5.41) is 0. The number of hydroxylamine groups is 1. The van der Waals surface area contributed by atoms with Gasteiger partial charge in [0.15, 0.2) is 0 Å². The van der Waals surface area contributed by atoms with Crippen molar-refractivity contribution in [3.05, 3.63) is 15.3 Å². The SMILES string of the molecule is CONC(=O)c1cc(OCC2CCCN2C(=O)OC(C)(C)C)c(Cl)s1. The van der Waals surface area contributed by atoms with Crippen molar-refractivity contribution >= 4 is 34.9 Å². The maximum atomic E-state index is 12.3. The third-order valence-electron chi connectivity index (χ3n) is 3.51. The van der Waals surface area contributed by atoms with Crippen molar-refractivity contribution in [2.75, 3.05) is 20.3 Å². The van der Waals surface area contributed by atoms with Gasteiger partial charge in [0.05, 0.1) is 18.0 Å². The molecule has 1 aromatic rings. The van der Waals surface area contributed by atoms with E-state index in [-0.39, 0.29) is 18.0 Å². The molecule has 1 N–H and O–H groups in total. The highest BCUT2D eigenvalue weighted by Crippen LogP contribution is 2.35. The number of rotatable bonds is 5. The van der Waals surface area contributed by atoms with Crippen LogP contribution in [0.25, 0.3) is 0 Å². The third kappa shape index (κ3) is 5.49. The molecular formula is C16H23ClN2O5S. The van der Waals surface area contributed by atoms with Crippen LogP contribution in [0.1, 0.15) is 43.3 Å². The van der Waals surface area contributed by atoms with E-state index in [1.807, 2.05) is 20.8 Å². The fourth-order valence-corrected chi connectivity index (χ4v) is 3.53. The Bertz CT molecular complexity index is 629. The molecule has 2 heterocycles. The van der Waals surface area contributed by atoms with E-state index >= 15 is 0 Å². The molecule has 1 atom stereocenters.